The predicted octanol–water partition coefficient (Wildman–Crippen LogP) is 2.69. The SMILES string of the molecule is COc1cc(-n2nnnc2CNC(C)C)c(Br)cc1Br. The summed E-state index contributed by atoms with van der Waals surface area (Å²) in [7, 11) is 1.62. The summed E-state index contributed by atoms with van der Waals surface area (Å²) in [5.41, 5.74) is 0.829. The number of nitrogens with one attached hydrogen (secondary N) is 1. The highest BCUT2D eigenvalue weighted by Crippen LogP contribution is 2.33. The number of aromatic nitrogens is 4. The zero-order valence-electron chi connectivity index (χ0n) is 11.4. The number of ether oxygens (including phenoxy) is 1. The Hall–Kier alpha value is -0.990. The van der Waals surface area contributed by atoms with Crippen LogP contribution in [0.3, 0.4) is 0 Å². The zero-order valence-corrected chi connectivity index (χ0v) is 14.6. The number of hydrogen-bond donors (Lipinski definition) is 1. The molecule has 20 heavy (non-hydrogen) atoms. The number of nitrogens with zero attached hydrogens (tertiary/aromatic N) is 4. The number of hydrogen-bond acceptors (Lipinski definition) is 5. The second-order valence-electron chi connectivity index (χ2n) is 4.48. The average molecular weight is 405 g/mol. The van der Waals surface area contributed by atoms with Gasteiger partial charge < -0.3 is 10.1 Å². The summed E-state index contributed by atoms with van der Waals surface area (Å²) in [6, 6.07) is 4.15. The van der Waals surface area contributed by atoms with E-state index < -0.39 is 0 Å². The first-order valence-electron chi connectivity index (χ1n) is 6.07. The molecule has 8 heteroatoms. The average Bonchev–Trinajstić information content (AvgIpc) is 2.84. The van der Waals surface area contributed by atoms with Crippen molar-refractivity contribution in [3.8, 4) is 11.4 Å². The molecule has 0 amide bonds. The van der Waals surface area contributed by atoms with Crippen LogP contribution in [0.15, 0.2) is 21.1 Å². The molecule has 1 heterocycles. The molecule has 0 radical (unpaired) electrons. The second-order valence-corrected chi connectivity index (χ2v) is 6.19. The molecule has 6 nitrogen and oxygen atoms in total. The third-order valence-electron chi connectivity index (χ3n) is 2.65. The van der Waals surface area contributed by atoms with Crippen LogP contribution in [0.2, 0.25) is 0 Å². The molecule has 1 aromatic carbocycles. The van der Waals surface area contributed by atoms with E-state index >= 15 is 0 Å². The van der Waals surface area contributed by atoms with Crippen LogP contribution in [0.1, 0.15) is 19.7 Å². The topological polar surface area (TPSA) is 64.9 Å². The van der Waals surface area contributed by atoms with Gasteiger partial charge in [0.25, 0.3) is 0 Å². The summed E-state index contributed by atoms with van der Waals surface area (Å²) in [6.45, 7) is 4.74. The van der Waals surface area contributed by atoms with Gasteiger partial charge in [-0.1, -0.05) is 13.8 Å². The van der Waals surface area contributed by atoms with E-state index in [2.05, 4.69) is 66.5 Å². The molecule has 2 rings (SSSR count). The van der Waals surface area contributed by atoms with Gasteiger partial charge >= 0.3 is 0 Å². The minimum Gasteiger partial charge on any atom is -0.495 e. The van der Waals surface area contributed by atoms with E-state index in [1.807, 2.05) is 12.1 Å². The molecule has 0 unspecified atom stereocenters. The van der Waals surface area contributed by atoms with Crippen LogP contribution < -0.4 is 10.1 Å². The number of methoxy groups -OCH3 is 1. The predicted molar refractivity (Wildman–Crippen MR) is 83.1 cm³/mol. The number of benzene rings is 1. The molecule has 0 saturated heterocycles. The Morgan fingerprint density at radius 3 is 2.70 bits per heavy atom. The lowest BCUT2D eigenvalue weighted by Gasteiger charge is -2.12. The molecule has 108 valence electrons. The molecule has 1 N–H and O–H groups in total. The first-order valence-corrected chi connectivity index (χ1v) is 7.65. The van der Waals surface area contributed by atoms with E-state index in [4.69, 9.17) is 4.74 Å². The van der Waals surface area contributed by atoms with E-state index in [1.54, 1.807) is 11.8 Å². The smallest absolute Gasteiger partial charge is 0.170 e. The van der Waals surface area contributed by atoms with Crippen LogP contribution >= 0.6 is 31.9 Å². The molecule has 0 aliphatic heterocycles. The minimum atomic E-state index is 0.364. The number of tetrazole rings is 1. The molecule has 0 saturated carbocycles. The van der Waals surface area contributed by atoms with E-state index in [1.165, 1.54) is 0 Å². The first kappa shape index (κ1) is 15.4. The molecule has 0 bridgehead atoms. The Morgan fingerprint density at radius 1 is 1.30 bits per heavy atom. The second kappa shape index (κ2) is 6.64. The summed E-state index contributed by atoms with van der Waals surface area (Å²) >= 11 is 6.97. The molecule has 0 atom stereocenters. The van der Waals surface area contributed by atoms with Crippen molar-refractivity contribution in [2.24, 2.45) is 0 Å². The van der Waals surface area contributed by atoms with Gasteiger partial charge in [-0.3, -0.25) is 0 Å². The molecule has 0 aliphatic rings. The van der Waals surface area contributed by atoms with Crippen molar-refractivity contribution in [2.75, 3.05) is 7.11 Å². The first-order chi connectivity index (χ1) is 9.52. The van der Waals surface area contributed by atoms with Crippen LogP contribution in [-0.4, -0.2) is 33.4 Å². The van der Waals surface area contributed by atoms with Crippen LogP contribution in [-0.2, 0) is 6.54 Å². The molecular weight excluding hydrogens is 390 g/mol. The fraction of sp³-hybridized carbons (Fsp3) is 0.417. The Bertz CT molecular complexity index is 600. The Labute approximate surface area is 134 Å². The summed E-state index contributed by atoms with van der Waals surface area (Å²) in [4.78, 5) is 0. The Balaban J connectivity index is 2.39. The summed E-state index contributed by atoms with van der Waals surface area (Å²) in [5.74, 6) is 1.46. The van der Waals surface area contributed by atoms with E-state index in [9.17, 15) is 0 Å². The maximum absolute atomic E-state index is 5.31. The zero-order chi connectivity index (χ0) is 14.7. The summed E-state index contributed by atoms with van der Waals surface area (Å²) in [5, 5.41) is 15.1. The van der Waals surface area contributed by atoms with E-state index in [0.29, 0.717) is 12.6 Å². The van der Waals surface area contributed by atoms with Gasteiger partial charge in [0.2, 0.25) is 0 Å². The number of rotatable bonds is 5. The lowest BCUT2D eigenvalue weighted by molar-refractivity contribution is 0.411. The molecule has 2 aromatic rings. The van der Waals surface area contributed by atoms with Crippen molar-refractivity contribution in [1.82, 2.24) is 25.5 Å². The van der Waals surface area contributed by atoms with Gasteiger partial charge in [0, 0.05) is 16.6 Å². The molecule has 1 aromatic heterocycles. The lowest BCUT2D eigenvalue weighted by atomic mass is 10.3. The van der Waals surface area contributed by atoms with Crippen LogP contribution in [0, 0.1) is 0 Å². The van der Waals surface area contributed by atoms with Crippen LogP contribution in [0.4, 0.5) is 0 Å². The molecular formula is C12H15Br2N5O. The minimum absolute atomic E-state index is 0.364. The van der Waals surface area contributed by atoms with Crippen molar-refractivity contribution < 1.29 is 4.74 Å². The normalized spacial score (nSPS) is 11.1. The van der Waals surface area contributed by atoms with Crippen LogP contribution in [0.5, 0.6) is 5.75 Å². The Morgan fingerprint density at radius 2 is 2.05 bits per heavy atom. The van der Waals surface area contributed by atoms with Crippen molar-refractivity contribution in [3.05, 3.63) is 26.9 Å². The standard InChI is InChI=1S/C12H15Br2N5O/c1-7(2)15-6-12-16-17-18-19(12)10-5-11(20-3)9(14)4-8(10)13/h4-5,7,15H,6H2,1-3H3. The quantitative estimate of drug-likeness (QED) is 0.829. The van der Waals surface area contributed by atoms with Gasteiger partial charge in [0.15, 0.2) is 5.82 Å². The third-order valence-corrected chi connectivity index (χ3v) is 3.91. The highest BCUT2D eigenvalue weighted by molar-refractivity contribution is 9.11. The largest absolute Gasteiger partial charge is 0.495 e. The third kappa shape index (κ3) is 3.36. The molecule has 0 aliphatic carbocycles. The summed E-state index contributed by atoms with van der Waals surface area (Å²) < 4.78 is 8.74. The number of halogens is 2. The van der Waals surface area contributed by atoms with E-state index in [0.717, 1.165) is 26.2 Å². The maximum Gasteiger partial charge on any atom is 0.170 e. The van der Waals surface area contributed by atoms with Gasteiger partial charge in [0.05, 0.1) is 23.8 Å². The van der Waals surface area contributed by atoms with Crippen LogP contribution in [0.25, 0.3) is 5.69 Å². The fourth-order valence-electron chi connectivity index (χ4n) is 1.64. The van der Waals surface area contributed by atoms with Crippen molar-refractivity contribution >= 4 is 31.9 Å². The monoisotopic (exact) mass is 403 g/mol. The highest BCUT2D eigenvalue weighted by atomic mass is 79.9. The van der Waals surface area contributed by atoms with Crippen molar-refractivity contribution in [1.29, 1.82) is 0 Å². The van der Waals surface area contributed by atoms with Crippen molar-refractivity contribution in [3.63, 3.8) is 0 Å². The highest BCUT2D eigenvalue weighted by Gasteiger charge is 2.14. The molecule has 0 fully saturated rings. The van der Waals surface area contributed by atoms with Gasteiger partial charge in [0.1, 0.15) is 5.75 Å². The van der Waals surface area contributed by atoms with Gasteiger partial charge in [-0.2, -0.15) is 4.68 Å². The van der Waals surface area contributed by atoms with Gasteiger partial charge in [-0.15, -0.1) is 5.10 Å². The van der Waals surface area contributed by atoms with Gasteiger partial charge in [-0.25, -0.2) is 0 Å². The van der Waals surface area contributed by atoms with Gasteiger partial charge in [-0.05, 0) is 48.4 Å². The fourth-order valence-corrected chi connectivity index (χ4v) is 2.96. The lowest BCUT2D eigenvalue weighted by Crippen LogP contribution is -2.24. The molecule has 0 spiro atoms. The Kier molecular flexibility index (Phi) is 5.11. The van der Waals surface area contributed by atoms with E-state index in [-0.39, 0.29) is 0 Å². The maximum atomic E-state index is 5.31. The summed E-state index contributed by atoms with van der Waals surface area (Å²) in [6.07, 6.45) is 0. The van der Waals surface area contributed by atoms with Crippen molar-refractivity contribution in [2.45, 2.75) is 26.4 Å².